The number of amides is 1. The Morgan fingerprint density at radius 3 is 2.83 bits per heavy atom. The van der Waals surface area contributed by atoms with Crippen molar-refractivity contribution in [1.29, 1.82) is 0 Å². The first kappa shape index (κ1) is 16.3. The fourth-order valence-corrected chi connectivity index (χ4v) is 2.95. The molecule has 3 rings (SSSR count). The predicted molar refractivity (Wildman–Crippen MR) is 92.8 cm³/mol. The molecule has 7 nitrogen and oxygen atoms in total. The Morgan fingerprint density at radius 1 is 1.29 bits per heavy atom. The Morgan fingerprint density at radius 2 is 2.08 bits per heavy atom. The molecule has 3 aromatic rings. The molecule has 0 atom stereocenters. The van der Waals surface area contributed by atoms with E-state index in [0.29, 0.717) is 17.4 Å². The number of nitrogens with zero attached hydrogens (tertiary/aromatic N) is 4. The van der Waals surface area contributed by atoms with Gasteiger partial charge < -0.3 is 9.88 Å². The van der Waals surface area contributed by atoms with E-state index >= 15 is 0 Å². The maximum absolute atomic E-state index is 12.4. The van der Waals surface area contributed by atoms with E-state index in [1.807, 2.05) is 23.9 Å². The summed E-state index contributed by atoms with van der Waals surface area (Å²) in [4.78, 5) is 33.0. The largest absolute Gasteiger partial charge is 0.349 e. The van der Waals surface area contributed by atoms with Gasteiger partial charge in [-0.3, -0.25) is 14.2 Å². The molecule has 0 aliphatic carbocycles. The number of carbonyl (C=O) groups excluding carboxylic acids is 1. The van der Waals surface area contributed by atoms with Crippen LogP contribution in [0.4, 0.5) is 0 Å². The normalized spacial score (nSPS) is 10.9. The summed E-state index contributed by atoms with van der Waals surface area (Å²) < 4.78 is 3.24. The van der Waals surface area contributed by atoms with Crippen LogP contribution in [-0.2, 0) is 24.9 Å². The number of carbonyl (C=O) groups is 1. The predicted octanol–water partition coefficient (Wildman–Crippen LogP) is 1.17. The first-order valence-electron chi connectivity index (χ1n) is 7.35. The zero-order chi connectivity index (χ0) is 17.1. The van der Waals surface area contributed by atoms with Crippen LogP contribution in [0, 0.1) is 0 Å². The average Bonchev–Trinajstić information content (AvgIpc) is 2.96. The van der Waals surface area contributed by atoms with E-state index in [1.54, 1.807) is 36.2 Å². The molecule has 0 fully saturated rings. The number of para-hydroxylation sites is 1. The van der Waals surface area contributed by atoms with Gasteiger partial charge >= 0.3 is 0 Å². The first-order valence-corrected chi connectivity index (χ1v) is 8.58. The van der Waals surface area contributed by atoms with Crippen LogP contribution in [0.3, 0.4) is 0 Å². The maximum Gasteiger partial charge on any atom is 0.261 e. The van der Waals surface area contributed by atoms with Crippen molar-refractivity contribution >= 4 is 28.6 Å². The van der Waals surface area contributed by atoms with E-state index in [-0.39, 0.29) is 18.0 Å². The van der Waals surface area contributed by atoms with Crippen LogP contribution in [0.15, 0.2) is 46.7 Å². The summed E-state index contributed by atoms with van der Waals surface area (Å²) in [5, 5.41) is 4.19. The fourth-order valence-electron chi connectivity index (χ4n) is 2.40. The van der Waals surface area contributed by atoms with Crippen LogP contribution >= 0.6 is 11.8 Å². The molecular weight excluding hydrogens is 326 g/mol. The highest BCUT2D eigenvalue weighted by atomic mass is 32.2. The van der Waals surface area contributed by atoms with Gasteiger partial charge in [0, 0.05) is 7.05 Å². The SMILES string of the molecule is CSc1ncc(CNC(=O)Cn2cnc3ccccc3c2=O)n1C. The minimum Gasteiger partial charge on any atom is -0.349 e. The number of hydrogen-bond acceptors (Lipinski definition) is 5. The van der Waals surface area contributed by atoms with Crippen LogP contribution in [0.5, 0.6) is 0 Å². The molecule has 0 unspecified atom stereocenters. The van der Waals surface area contributed by atoms with E-state index in [1.165, 1.54) is 10.9 Å². The van der Waals surface area contributed by atoms with E-state index in [9.17, 15) is 9.59 Å². The minimum atomic E-state index is -0.249. The van der Waals surface area contributed by atoms with Gasteiger partial charge in [0.25, 0.3) is 5.56 Å². The van der Waals surface area contributed by atoms with Crippen molar-refractivity contribution in [1.82, 2.24) is 24.4 Å². The summed E-state index contributed by atoms with van der Waals surface area (Å²) in [6.45, 7) is 0.294. The van der Waals surface area contributed by atoms with E-state index in [0.717, 1.165) is 10.9 Å². The molecule has 0 bridgehead atoms. The van der Waals surface area contributed by atoms with Crippen LogP contribution in [0.25, 0.3) is 10.9 Å². The van der Waals surface area contributed by atoms with Gasteiger partial charge in [0.2, 0.25) is 5.91 Å². The van der Waals surface area contributed by atoms with E-state index in [4.69, 9.17) is 0 Å². The molecule has 124 valence electrons. The van der Waals surface area contributed by atoms with Crippen molar-refractivity contribution in [2.45, 2.75) is 18.2 Å². The zero-order valence-corrected chi connectivity index (χ0v) is 14.2. The van der Waals surface area contributed by atoms with Crippen LogP contribution < -0.4 is 10.9 Å². The summed E-state index contributed by atoms with van der Waals surface area (Å²) in [6, 6.07) is 7.08. The molecule has 1 N–H and O–H groups in total. The van der Waals surface area contributed by atoms with Gasteiger partial charge in [0.05, 0.1) is 35.7 Å². The van der Waals surface area contributed by atoms with Gasteiger partial charge in [-0.1, -0.05) is 23.9 Å². The molecule has 24 heavy (non-hydrogen) atoms. The smallest absolute Gasteiger partial charge is 0.261 e. The molecule has 8 heteroatoms. The van der Waals surface area contributed by atoms with Crippen molar-refractivity contribution < 1.29 is 4.79 Å². The summed E-state index contributed by atoms with van der Waals surface area (Å²) in [5.74, 6) is -0.249. The van der Waals surface area contributed by atoms with Crippen LogP contribution in [0.1, 0.15) is 5.69 Å². The third-order valence-electron chi connectivity index (χ3n) is 3.74. The molecule has 2 aromatic heterocycles. The Kier molecular flexibility index (Phi) is 4.66. The van der Waals surface area contributed by atoms with Crippen molar-refractivity contribution in [2.75, 3.05) is 6.26 Å². The van der Waals surface area contributed by atoms with Crippen molar-refractivity contribution in [3.63, 3.8) is 0 Å². The van der Waals surface area contributed by atoms with Gasteiger partial charge in [-0.25, -0.2) is 9.97 Å². The molecule has 0 radical (unpaired) electrons. The second-order valence-electron chi connectivity index (χ2n) is 5.27. The number of rotatable bonds is 5. The number of benzene rings is 1. The van der Waals surface area contributed by atoms with Gasteiger partial charge in [-0.15, -0.1) is 0 Å². The molecule has 0 aliphatic rings. The lowest BCUT2D eigenvalue weighted by Gasteiger charge is -2.09. The van der Waals surface area contributed by atoms with Gasteiger partial charge in [0.15, 0.2) is 5.16 Å². The number of nitrogens with one attached hydrogen (secondary N) is 1. The highest BCUT2D eigenvalue weighted by molar-refractivity contribution is 7.98. The van der Waals surface area contributed by atoms with E-state index < -0.39 is 0 Å². The summed E-state index contributed by atoms with van der Waals surface area (Å²) in [6.07, 6.45) is 5.08. The standard InChI is InChI=1S/C16H17N5O2S/c1-20-11(8-18-16(20)24-2)7-17-14(22)9-21-10-19-13-6-4-3-5-12(13)15(21)23/h3-6,8,10H,7,9H2,1-2H3,(H,17,22). The first-order chi connectivity index (χ1) is 11.6. The van der Waals surface area contributed by atoms with Gasteiger partial charge in [-0.05, 0) is 18.4 Å². The van der Waals surface area contributed by atoms with Gasteiger partial charge in [0.1, 0.15) is 6.54 Å². The minimum absolute atomic E-state index is 0.0656. The Bertz CT molecular complexity index is 947. The lowest BCUT2D eigenvalue weighted by Crippen LogP contribution is -2.32. The lowest BCUT2D eigenvalue weighted by molar-refractivity contribution is -0.121. The highest BCUT2D eigenvalue weighted by Crippen LogP contribution is 2.13. The second kappa shape index (κ2) is 6.88. The molecule has 0 aliphatic heterocycles. The Labute approximate surface area is 142 Å². The molecule has 1 amide bonds. The zero-order valence-electron chi connectivity index (χ0n) is 13.4. The number of thioether (sulfide) groups is 1. The number of fused-ring (bicyclic) bond motifs is 1. The van der Waals surface area contributed by atoms with Crippen LogP contribution in [-0.4, -0.2) is 31.3 Å². The quantitative estimate of drug-likeness (QED) is 0.703. The van der Waals surface area contributed by atoms with Crippen molar-refractivity contribution in [3.05, 3.63) is 52.8 Å². The van der Waals surface area contributed by atoms with Crippen molar-refractivity contribution in [2.24, 2.45) is 7.05 Å². The average molecular weight is 343 g/mol. The monoisotopic (exact) mass is 343 g/mol. The highest BCUT2D eigenvalue weighted by Gasteiger charge is 2.10. The van der Waals surface area contributed by atoms with Crippen molar-refractivity contribution in [3.8, 4) is 0 Å². The topological polar surface area (TPSA) is 81.8 Å². The summed E-state index contributed by atoms with van der Waals surface area (Å²) in [5.41, 5.74) is 1.30. The Hall–Kier alpha value is -2.61. The maximum atomic E-state index is 12.4. The Balaban J connectivity index is 1.70. The lowest BCUT2D eigenvalue weighted by atomic mass is 10.2. The number of hydrogen-bond donors (Lipinski definition) is 1. The number of aromatic nitrogens is 4. The molecule has 0 saturated carbocycles. The van der Waals surface area contributed by atoms with Crippen LogP contribution in [0.2, 0.25) is 0 Å². The summed E-state index contributed by atoms with van der Waals surface area (Å²) >= 11 is 1.54. The third-order valence-corrected chi connectivity index (χ3v) is 4.48. The number of imidazole rings is 1. The second-order valence-corrected chi connectivity index (χ2v) is 6.04. The molecular formula is C16H17N5O2S. The third kappa shape index (κ3) is 3.18. The molecule has 2 heterocycles. The fraction of sp³-hybridized carbons (Fsp3) is 0.250. The molecule has 0 spiro atoms. The van der Waals surface area contributed by atoms with Gasteiger partial charge in [-0.2, -0.15) is 0 Å². The molecule has 1 aromatic carbocycles. The summed E-state index contributed by atoms with van der Waals surface area (Å²) in [7, 11) is 1.90. The molecule has 0 saturated heterocycles. The van der Waals surface area contributed by atoms with E-state index in [2.05, 4.69) is 15.3 Å².